The molecule has 1 aromatic heterocycles. The first kappa shape index (κ1) is 12.1. The topological polar surface area (TPSA) is 67.3 Å². The van der Waals surface area contributed by atoms with Crippen LogP contribution in [-0.2, 0) is 0 Å². The van der Waals surface area contributed by atoms with E-state index < -0.39 is 5.60 Å². The van der Waals surface area contributed by atoms with Crippen LogP contribution in [0.3, 0.4) is 0 Å². The molecule has 0 radical (unpaired) electrons. The molecular formula is C12H19N3O2. The fourth-order valence-electron chi connectivity index (χ4n) is 1.76. The van der Waals surface area contributed by atoms with Gasteiger partial charge in [-0.05, 0) is 33.1 Å². The molecule has 1 aliphatic rings. The van der Waals surface area contributed by atoms with Crippen LogP contribution in [0.2, 0.25) is 0 Å². The number of nitrogens with zero attached hydrogens (tertiary/aromatic N) is 2. The standard InChI is InChI=1S/C12H19N3O2/c1-9(2)17-11-6-10(14-8-15-11)13-7-12(16)4-3-5-12/h6,8-9,16H,3-5,7H2,1-2H3,(H,13,14,15). The highest BCUT2D eigenvalue weighted by molar-refractivity contribution is 5.37. The number of rotatable bonds is 5. The van der Waals surface area contributed by atoms with Crippen molar-refractivity contribution in [1.82, 2.24) is 9.97 Å². The van der Waals surface area contributed by atoms with Crippen molar-refractivity contribution in [1.29, 1.82) is 0 Å². The molecule has 5 heteroatoms. The van der Waals surface area contributed by atoms with Gasteiger partial charge in [0.05, 0.1) is 11.7 Å². The monoisotopic (exact) mass is 237 g/mol. The molecule has 94 valence electrons. The maximum absolute atomic E-state index is 9.95. The van der Waals surface area contributed by atoms with Crippen molar-refractivity contribution in [3.8, 4) is 5.88 Å². The van der Waals surface area contributed by atoms with Crippen LogP contribution in [0.25, 0.3) is 0 Å². The van der Waals surface area contributed by atoms with Gasteiger partial charge in [0.15, 0.2) is 0 Å². The van der Waals surface area contributed by atoms with Gasteiger partial charge in [-0.1, -0.05) is 0 Å². The van der Waals surface area contributed by atoms with E-state index in [0.717, 1.165) is 19.3 Å². The summed E-state index contributed by atoms with van der Waals surface area (Å²) in [5.74, 6) is 1.24. The molecule has 5 nitrogen and oxygen atoms in total. The third-order valence-corrected chi connectivity index (χ3v) is 2.88. The van der Waals surface area contributed by atoms with Gasteiger partial charge in [-0.3, -0.25) is 0 Å². The summed E-state index contributed by atoms with van der Waals surface area (Å²) >= 11 is 0. The van der Waals surface area contributed by atoms with Gasteiger partial charge in [0.1, 0.15) is 12.1 Å². The molecule has 2 rings (SSSR count). The van der Waals surface area contributed by atoms with Gasteiger partial charge in [0, 0.05) is 12.6 Å². The second-order valence-electron chi connectivity index (χ2n) is 4.84. The van der Waals surface area contributed by atoms with Crippen LogP contribution in [0.1, 0.15) is 33.1 Å². The quantitative estimate of drug-likeness (QED) is 0.814. The van der Waals surface area contributed by atoms with Gasteiger partial charge in [-0.2, -0.15) is 0 Å². The highest BCUT2D eigenvalue weighted by atomic mass is 16.5. The lowest BCUT2D eigenvalue weighted by Crippen LogP contribution is -2.43. The fraction of sp³-hybridized carbons (Fsp3) is 0.667. The summed E-state index contributed by atoms with van der Waals surface area (Å²) in [6.07, 6.45) is 4.38. The van der Waals surface area contributed by atoms with Gasteiger partial charge >= 0.3 is 0 Å². The largest absolute Gasteiger partial charge is 0.475 e. The smallest absolute Gasteiger partial charge is 0.218 e. The molecule has 0 spiro atoms. The average Bonchev–Trinajstić information content (AvgIpc) is 2.23. The summed E-state index contributed by atoms with van der Waals surface area (Å²) in [6, 6.07) is 1.75. The van der Waals surface area contributed by atoms with E-state index in [4.69, 9.17) is 4.74 Å². The lowest BCUT2D eigenvalue weighted by Gasteiger charge is -2.36. The fourth-order valence-corrected chi connectivity index (χ4v) is 1.76. The zero-order valence-electron chi connectivity index (χ0n) is 10.3. The van der Waals surface area contributed by atoms with Crippen LogP contribution in [0.4, 0.5) is 5.82 Å². The lowest BCUT2D eigenvalue weighted by molar-refractivity contribution is -0.0202. The Balaban J connectivity index is 1.91. The van der Waals surface area contributed by atoms with Crippen molar-refractivity contribution >= 4 is 5.82 Å². The molecule has 17 heavy (non-hydrogen) atoms. The van der Waals surface area contributed by atoms with Crippen LogP contribution in [0.15, 0.2) is 12.4 Å². The Morgan fingerprint density at radius 3 is 2.82 bits per heavy atom. The summed E-state index contributed by atoms with van der Waals surface area (Å²) in [4.78, 5) is 8.12. The third kappa shape index (κ3) is 3.30. The molecule has 1 aliphatic carbocycles. The van der Waals surface area contributed by atoms with E-state index in [-0.39, 0.29) is 6.10 Å². The first-order valence-electron chi connectivity index (χ1n) is 6.02. The molecule has 0 unspecified atom stereocenters. The van der Waals surface area contributed by atoms with Crippen molar-refractivity contribution in [3.63, 3.8) is 0 Å². The van der Waals surface area contributed by atoms with E-state index in [1.165, 1.54) is 6.33 Å². The summed E-state index contributed by atoms with van der Waals surface area (Å²) in [6.45, 7) is 4.43. The van der Waals surface area contributed by atoms with Gasteiger partial charge in [0.25, 0.3) is 0 Å². The zero-order valence-corrected chi connectivity index (χ0v) is 10.3. The van der Waals surface area contributed by atoms with E-state index in [9.17, 15) is 5.11 Å². The highest BCUT2D eigenvalue weighted by Gasteiger charge is 2.34. The predicted molar refractivity (Wildman–Crippen MR) is 65.1 cm³/mol. The number of anilines is 1. The maximum atomic E-state index is 9.95. The maximum Gasteiger partial charge on any atom is 0.218 e. The van der Waals surface area contributed by atoms with E-state index in [1.807, 2.05) is 13.8 Å². The normalized spacial score (nSPS) is 17.6. The van der Waals surface area contributed by atoms with E-state index in [1.54, 1.807) is 6.07 Å². The SMILES string of the molecule is CC(C)Oc1cc(NCC2(O)CCC2)ncn1. The van der Waals surface area contributed by atoms with E-state index >= 15 is 0 Å². The molecular weight excluding hydrogens is 218 g/mol. The number of nitrogens with one attached hydrogen (secondary N) is 1. The first-order valence-corrected chi connectivity index (χ1v) is 6.02. The Bertz CT molecular complexity index is 378. The molecule has 0 bridgehead atoms. The predicted octanol–water partition coefficient (Wildman–Crippen LogP) is 1.59. The van der Waals surface area contributed by atoms with E-state index in [2.05, 4.69) is 15.3 Å². The summed E-state index contributed by atoms with van der Waals surface area (Å²) in [7, 11) is 0. The summed E-state index contributed by atoms with van der Waals surface area (Å²) in [5, 5.41) is 13.1. The Labute approximate surface area is 101 Å². The van der Waals surface area contributed by atoms with Crippen LogP contribution in [0.5, 0.6) is 5.88 Å². The molecule has 0 aliphatic heterocycles. The molecule has 1 fully saturated rings. The van der Waals surface area contributed by atoms with Crippen LogP contribution in [0, 0.1) is 0 Å². The van der Waals surface area contributed by atoms with Crippen molar-refractivity contribution in [3.05, 3.63) is 12.4 Å². The molecule has 0 atom stereocenters. The van der Waals surface area contributed by atoms with Crippen LogP contribution >= 0.6 is 0 Å². The summed E-state index contributed by atoms with van der Waals surface area (Å²) < 4.78 is 5.47. The van der Waals surface area contributed by atoms with E-state index in [0.29, 0.717) is 18.2 Å². The first-order chi connectivity index (χ1) is 8.07. The molecule has 0 aromatic carbocycles. The van der Waals surface area contributed by atoms with Gasteiger partial charge in [-0.25, -0.2) is 9.97 Å². The minimum Gasteiger partial charge on any atom is -0.475 e. The van der Waals surface area contributed by atoms with Crippen LogP contribution in [-0.4, -0.2) is 33.3 Å². The average molecular weight is 237 g/mol. The molecule has 2 N–H and O–H groups in total. The number of hydrogen-bond acceptors (Lipinski definition) is 5. The second-order valence-corrected chi connectivity index (χ2v) is 4.84. The highest BCUT2D eigenvalue weighted by Crippen LogP contribution is 2.31. The second kappa shape index (κ2) is 4.87. The van der Waals surface area contributed by atoms with Gasteiger partial charge < -0.3 is 15.2 Å². The number of ether oxygens (including phenoxy) is 1. The van der Waals surface area contributed by atoms with Crippen molar-refractivity contribution < 1.29 is 9.84 Å². The number of hydrogen-bond donors (Lipinski definition) is 2. The molecule has 1 heterocycles. The molecule has 1 saturated carbocycles. The minimum atomic E-state index is -0.552. The minimum absolute atomic E-state index is 0.0913. The lowest BCUT2D eigenvalue weighted by atomic mass is 9.80. The Kier molecular flexibility index (Phi) is 3.47. The Hall–Kier alpha value is -1.36. The van der Waals surface area contributed by atoms with Crippen LogP contribution < -0.4 is 10.1 Å². The van der Waals surface area contributed by atoms with Crippen molar-refractivity contribution in [2.45, 2.75) is 44.8 Å². The van der Waals surface area contributed by atoms with Gasteiger partial charge in [0.2, 0.25) is 5.88 Å². The Morgan fingerprint density at radius 2 is 2.24 bits per heavy atom. The van der Waals surface area contributed by atoms with Crippen molar-refractivity contribution in [2.75, 3.05) is 11.9 Å². The molecule has 0 amide bonds. The van der Waals surface area contributed by atoms with Gasteiger partial charge in [-0.15, -0.1) is 0 Å². The number of aliphatic hydroxyl groups is 1. The molecule has 0 saturated heterocycles. The Morgan fingerprint density at radius 1 is 1.47 bits per heavy atom. The number of aromatic nitrogens is 2. The summed E-state index contributed by atoms with van der Waals surface area (Å²) in [5.41, 5.74) is -0.552. The van der Waals surface area contributed by atoms with Crippen molar-refractivity contribution in [2.24, 2.45) is 0 Å². The zero-order chi connectivity index (χ0) is 12.3. The third-order valence-electron chi connectivity index (χ3n) is 2.88. The molecule has 1 aromatic rings.